The largest absolute Gasteiger partial charge is 0.380 e. The minimum atomic E-state index is -0.389. The van der Waals surface area contributed by atoms with Crippen LogP contribution in [0.2, 0.25) is 0 Å². The molecule has 4 N–H and O–H groups in total. The molecule has 0 saturated heterocycles. The van der Waals surface area contributed by atoms with E-state index in [0.717, 1.165) is 11.1 Å². The summed E-state index contributed by atoms with van der Waals surface area (Å²) in [4.78, 5) is 10.7. The summed E-state index contributed by atoms with van der Waals surface area (Å²) in [6.45, 7) is 0.539. The van der Waals surface area contributed by atoms with Crippen molar-refractivity contribution in [3.8, 4) is 0 Å². The number of hydrogen-bond donors (Lipinski definition) is 2. The Hall–Kier alpha value is -1.39. The monoisotopic (exact) mass is 208 g/mol. The smallest absolute Gasteiger partial charge is 0.219 e. The van der Waals surface area contributed by atoms with E-state index in [1.807, 2.05) is 24.3 Å². The molecule has 0 aromatic heterocycles. The fraction of sp³-hybridized carbons (Fsp3) is 0.364. The van der Waals surface area contributed by atoms with Crippen molar-refractivity contribution in [3.05, 3.63) is 35.4 Å². The van der Waals surface area contributed by atoms with Gasteiger partial charge in [0, 0.05) is 19.6 Å². The first-order chi connectivity index (χ1) is 7.13. The highest BCUT2D eigenvalue weighted by molar-refractivity contribution is 5.74. The number of rotatable bonds is 5. The quantitative estimate of drug-likeness (QED) is 0.748. The van der Waals surface area contributed by atoms with Crippen LogP contribution in [0.3, 0.4) is 0 Å². The summed E-state index contributed by atoms with van der Waals surface area (Å²) in [6.07, 6.45) is 0.163. The van der Waals surface area contributed by atoms with Gasteiger partial charge in [-0.25, -0.2) is 0 Å². The maximum atomic E-state index is 10.7. The number of ether oxygens (including phenoxy) is 1. The first kappa shape index (κ1) is 11.7. The van der Waals surface area contributed by atoms with E-state index in [2.05, 4.69) is 0 Å². The molecular weight excluding hydrogens is 192 g/mol. The molecule has 0 bridgehead atoms. The van der Waals surface area contributed by atoms with E-state index in [1.165, 1.54) is 0 Å². The Bertz CT molecular complexity index is 339. The van der Waals surface area contributed by atoms with Crippen molar-refractivity contribution in [2.24, 2.45) is 11.5 Å². The number of amides is 1. The molecule has 0 fully saturated rings. The molecule has 1 amide bonds. The van der Waals surface area contributed by atoms with Gasteiger partial charge in [0.1, 0.15) is 0 Å². The number of carbonyl (C=O) groups excluding carboxylic acids is 1. The summed E-state index contributed by atoms with van der Waals surface area (Å²) < 4.78 is 5.01. The second-order valence-corrected chi connectivity index (χ2v) is 3.45. The molecule has 0 spiro atoms. The molecule has 15 heavy (non-hydrogen) atoms. The molecule has 0 aliphatic heterocycles. The number of nitrogens with two attached hydrogens (primary N) is 2. The molecule has 1 aromatic carbocycles. The predicted octanol–water partition coefficient (Wildman–Crippen LogP) is 0.708. The van der Waals surface area contributed by atoms with Crippen molar-refractivity contribution >= 4 is 5.91 Å². The second kappa shape index (κ2) is 5.48. The Morgan fingerprint density at radius 3 is 2.87 bits per heavy atom. The van der Waals surface area contributed by atoms with Crippen molar-refractivity contribution in [1.29, 1.82) is 0 Å². The third-order valence-corrected chi connectivity index (χ3v) is 2.11. The van der Waals surface area contributed by atoms with Gasteiger partial charge in [0.15, 0.2) is 0 Å². The van der Waals surface area contributed by atoms with Gasteiger partial charge >= 0.3 is 0 Å². The van der Waals surface area contributed by atoms with E-state index in [-0.39, 0.29) is 18.4 Å². The number of methoxy groups -OCH3 is 1. The predicted molar refractivity (Wildman–Crippen MR) is 57.9 cm³/mol. The fourth-order valence-electron chi connectivity index (χ4n) is 1.41. The van der Waals surface area contributed by atoms with Crippen LogP contribution < -0.4 is 11.5 Å². The van der Waals surface area contributed by atoms with E-state index >= 15 is 0 Å². The van der Waals surface area contributed by atoms with Crippen LogP contribution in [-0.4, -0.2) is 13.0 Å². The average Bonchev–Trinajstić information content (AvgIpc) is 2.17. The Morgan fingerprint density at radius 2 is 2.27 bits per heavy atom. The summed E-state index contributed by atoms with van der Waals surface area (Å²) >= 11 is 0. The first-order valence-electron chi connectivity index (χ1n) is 4.75. The number of hydrogen-bond acceptors (Lipinski definition) is 3. The van der Waals surface area contributed by atoms with Crippen LogP contribution in [0, 0.1) is 0 Å². The van der Waals surface area contributed by atoms with Crippen molar-refractivity contribution in [2.45, 2.75) is 19.1 Å². The second-order valence-electron chi connectivity index (χ2n) is 3.45. The minimum Gasteiger partial charge on any atom is -0.380 e. The Kier molecular flexibility index (Phi) is 4.27. The van der Waals surface area contributed by atoms with Gasteiger partial charge in [0.2, 0.25) is 5.91 Å². The molecule has 4 nitrogen and oxygen atoms in total. The highest BCUT2D eigenvalue weighted by Gasteiger charge is 2.09. The zero-order chi connectivity index (χ0) is 11.3. The van der Waals surface area contributed by atoms with Crippen molar-refractivity contribution in [3.63, 3.8) is 0 Å². The minimum absolute atomic E-state index is 0.163. The van der Waals surface area contributed by atoms with Crippen LogP contribution in [0.4, 0.5) is 0 Å². The van der Waals surface area contributed by atoms with Gasteiger partial charge in [-0.2, -0.15) is 0 Å². The number of carbonyl (C=O) groups is 1. The standard InChI is InChI=1S/C11H16N2O2/c1-15-7-8-3-2-4-9(5-8)10(12)6-11(13)14/h2-5,10H,6-7,12H2,1H3,(H2,13,14). The first-order valence-corrected chi connectivity index (χ1v) is 4.75. The highest BCUT2D eigenvalue weighted by Crippen LogP contribution is 2.15. The molecule has 82 valence electrons. The van der Waals surface area contributed by atoms with Crippen LogP contribution in [0.15, 0.2) is 24.3 Å². The van der Waals surface area contributed by atoms with Crippen molar-refractivity contribution in [2.75, 3.05) is 7.11 Å². The Labute approximate surface area is 89.2 Å². The topological polar surface area (TPSA) is 78.3 Å². The lowest BCUT2D eigenvalue weighted by Gasteiger charge is -2.11. The van der Waals surface area contributed by atoms with Gasteiger partial charge in [-0.3, -0.25) is 4.79 Å². The third kappa shape index (κ3) is 3.69. The summed E-state index contributed by atoms with van der Waals surface area (Å²) in [5, 5.41) is 0. The Morgan fingerprint density at radius 1 is 1.53 bits per heavy atom. The molecule has 1 atom stereocenters. The molecule has 0 aliphatic rings. The van der Waals surface area contributed by atoms with Crippen LogP contribution in [-0.2, 0) is 16.1 Å². The molecule has 1 aromatic rings. The van der Waals surface area contributed by atoms with Gasteiger partial charge < -0.3 is 16.2 Å². The van der Waals surface area contributed by atoms with Crippen LogP contribution in [0.5, 0.6) is 0 Å². The zero-order valence-electron chi connectivity index (χ0n) is 8.77. The van der Waals surface area contributed by atoms with Crippen molar-refractivity contribution < 1.29 is 9.53 Å². The number of primary amides is 1. The van der Waals surface area contributed by atoms with E-state index < -0.39 is 0 Å². The molecule has 0 heterocycles. The summed E-state index contributed by atoms with van der Waals surface area (Å²) in [6, 6.07) is 7.32. The van der Waals surface area contributed by atoms with E-state index in [9.17, 15) is 4.79 Å². The van der Waals surface area contributed by atoms with Gasteiger partial charge in [-0.05, 0) is 11.1 Å². The van der Waals surface area contributed by atoms with E-state index in [1.54, 1.807) is 7.11 Å². The molecule has 1 rings (SSSR count). The molecule has 0 saturated carbocycles. The van der Waals surface area contributed by atoms with Gasteiger partial charge in [0.05, 0.1) is 6.61 Å². The molecule has 1 unspecified atom stereocenters. The Balaban J connectivity index is 2.75. The van der Waals surface area contributed by atoms with Gasteiger partial charge in [0.25, 0.3) is 0 Å². The highest BCUT2D eigenvalue weighted by atomic mass is 16.5. The lowest BCUT2D eigenvalue weighted by Crippen LogP contribution is -2.20. The van der Waals surface area contributed by atoms with Crippen LogP contribution >= 0.6 is 0 Å². The summed E-state index contributed by atoms with van der Waals surface area (Å²) in [5.74, 6) is -0.389. The maximum absolute atomic E-state index is 10.7. The molecular formula is C11H16N2O2. The molecule has 0 aliphatic carbocycles. The van der Waals surface area contributed by atoms with E-state index in [4.69, 9.17) is 16.2 Å². The summed E-state index contributed by atoms with van der Waals surface area (Å²) in [5.41, 5.74) is 12.8. The lowest BCUT2D eigenvalue weighted by atomic mass is 10.0. The maximum Gasteiger partial charge on any atom is 0.219 e. The zero-order valence-corrected chi connectivity index (χ0v) is 8.77. The van der Waals surface area contributed by atoms with Crippen LogP contribution in [0.1, 0.15) is 23.6 Å². The normalized spacial score (nSPS) is 12.4. The average molecular weight is 208 g/mol. The SMILES string of the molecule is COCc1cccc(C(N)CC(N)=O)c1. The van der Waals surface area contributed by atoms with Crippen LogP contribution in [0.25, 0.3) is 0 Å². The lowest BCUT2D eigenvalue weighted by molar-refractivity contribution is -0.118. The molecule has 4 heteroatoms. The van der Waals surface area contributed by atoms with Crippen molar-refractivity contribution in [1.82, 2.24) is 0 Å². The molecule has 0 radical (unpaired) electrons. The fourth-order valence-corrected chi connectivity index (χ4v) is 1.41. The van der Waals surface area contributed by atoms with E-state index in [0.29, 0.717) is 6.61 Å². The number of benzene rings is 1. The summed E-state index contributed by atoms with van der Waals surface area (Å²) in [7, 11) is 1.63. The van der Waals surface area contributed by atoms with Gasteiger partial charge in [-0.15, -0.1) is 0 Å². The third-order valence-electron chi connectivity index (χ3n) is 2.11. The van der Waals surface area contributed by atoms with Gasteiger partial charge in [-0.1, -0.05) is 24.3 Å².